The van der Waals surface area contributed by atoms with Crippen molar-refractivity contribution in [1.82, 2.24) is 4.90 Å². The van der Waals surface area contributed by atoms with E-state index in [2.05, 4.69) is 0 Å². The lowest BCUT2D eigenvalue weighted by Gasteiger charge is -2.43. The van der Waals surface area contributed by atoms with E-state index in [0.717, 1.165) is 4.90 Å². The molecule has 0 aliphatic carbocycles. The second-order valence-corrected chi connectivity index (χ2v) is 6.21. The number of hydrogen-bond acceptors (Lipinski definition) is 4. The van der Waals surface area contributed by atoms with Crippen LogP contribution in [-0.2, 0) is 10.4 Å². The molecule has 1 aliphatic heterocycles. The highest BCUT2D eigenvalue weighted by atomic mass is 32.1. The Bertz CT molecular complexity index is 500. The Kier molecular flexibility index (Phi) is 2.45. The van der Waals surface area contributed by atoms with Crippen LogP contribution in [0, 0.1) is 5.41 Å². The minimum absolute atomic E-state index is 0.339. The van der Waals surface area contributed by atoms with Crippen LogP contribution in [0.1, 0.15) is 36.0 Å². The molecule has 17 heavy (non-hydrogen) atoms. The first-order valence-corrected chi connectivity index (χ1v) is 6.22. The van der Waals surface area contributed by atoms with Crippen molar-refractivity contribution in [1.29, 1.82) is 0 Å². The van der Waals surface area contributed by atoms with Gasteiger partial charge in [-0.25, -0.2) is 0 Å². The number of thiophene rings is 1. The Morgan fingerprint density at radius 1 is 1.35 bits per heavy atom. The maximum Gasteiger partial charge on any atom is 0.270 e. The minimum Gasteiger partial charge on any atom is -0.375 e. The highest BCUT2D eigenvalue weighted by Gasteiger charge is 2.55. The van der Waals surface area contributed by atoms with E-state index in [1.54, 1.807) is 32.2 Å². The molecule has 0 unspecified atom stereocenters. The largest absolute Gasteiger partial charge is 0.375 e. The van der Waals surface area contributed by atoms with Crippen molar-refractivity contribution < 1.29 is 14.7 Å². The van der Waals surface area contributed by atoms with Gasteiger partial charge >= 0.3 is 0 Å². The Labute approximate surface area is 104 Å². The molecule has 2 rings (SSSR count). The zero-order valence-corrected chi connectivity index (χ0v) is 11.1. The number of rotatable bonds is 0. The summed E-state index contributed by atoms with van der Waals surface area (Å²) in [4.78, 5) is 25.6. The number of aliphatic hydroxyl groups is 1. The van der Waals surface area contributed by atoms with Crippen LogP contribution >= 0.6 is 11.3 Å². The van der Waals surface area contributed by atoms with Crippen molar-refractivity contribution in [3.8, 4) is 0 Å². The molecule has 1 N–H and O–H groups in total. The number of likely N-dealkylation sites (N-methyl/N-ethyl adjacent to an activating group) is 1. The van der Waals surface area contributed by atoms with E-state index < -0.39 is 16.9 Å². The first kappa shape index (κ1) is 12.3. The Balaban J connectivity index is 2.74. The molecule has 0 saturated heterocycles. The van der Waals surface area contributed by atoms with Gasteiger partial charge < -0.3 is 5.11 Å². The molecule has 0 bridgehead atoms. The van der Waals surface area contributed by atoms with Gasteiger partial charge in [-0.05, 0) is 11.4 Å². The van der Waals surface area contributed by atoms with E-state index in [1.165, 1.54) is 18.4 Å². The van der Waals surface area contributed by atoms with E-state index >= 15 is 0 Å². The fourth-order valence-electron chi connectivity index (χ4n) is 2.09. The van der Waals surface area contributed by atoms with E-state index in [4.69, 9.17) is 0 Å². The minimum atomic E-state index is -1.63. The summed E-state index contributed by atoms with van der Waals surface area (Å²) < 4.78 is 0. The molecule has 1 aromatic rings. The van der Waals surface area contributed by atoms with Crippen LogP contribution in [0.3, 0.4) is 0 Å². The topological polar surface area (TPSA) is 57.6 Å². The smallest absolute Gasteiger partial charge is 0.270 e. The average molecular weight is 253 g/mol. The zero-order valence-electron chi connectivity index (χ0n) is 10.3. The molecule has 2 heterocycles. The molecule has 5 heteroatoms. The van der Waals surface area contributed by atoms with E-state index in [-0.39, 0.29) is 5.91 Å². The summed E-state index contributed by atoms with van der Waals surface area (Å²) >= 11 is 1.25. The van der Waals surface area contributed by atoms with Crippen LogP contribution in [0.25, 0.3) is 0 Å². The van der Waals surface area contributed by atoms with Gasteiger partial charge in [-0.3, -0.25) is 14.5 Å². The highest BCUT2D eigenvalue weighted by molar-refractivity contribution is 7.12. The lowest BCUT2D eigenvalue weighted by atomic mass is 9.70. The van der Waals surface area contributed by atoms with Crippen molar-refractivity contribution in [2.24, 2.45) is 5.41 Å². The molecule has 0 fully saturated rings. The van der Waals surface area contributed by atoms with Gasteiger partial charge in [0.2, 0.25) is 0 Å². The third kappa shape index (κ3) is 1.39. The monoisotopic (exact) mass is 253 g/mol. The highest BCUT2D eigenvalue weighted by Crippen LogP contribution is 2.46. The number of hydrogen-bond donors (Lipinski definition) is 1. The number of nitrogens with zero attached hydrogens (tertiary/aromatic N) is 1. The molecule has 1 atom stereocenters. The van der Waals surface area contributed by atoms with Crippen LogP contribution < -0.4 is 0 Å². The first-order valence-electron chi connectivity index (χ1n) is 5.34. The number of fused-ring (bicyclic) bond motifs is 1. The SMILES string of the molecule is CN1C(=O)c2sccc2[C@@](O)(C(C)(C)C)C1=O. The fraction of sp³-hybridized carbons (Fsp3) is 0.500. The van der Waals surface area contributed by atoms with Crippen molar-refractivity contribution in [2.75, 3.05) is 7.05 Å². The maximum absolute atomic E-state index is 12.2. The number of imide groups is 1. The zero-order chi connectivity index (χ0) is 13.0. The lowest BCUT2D eigenvalue weighted by Crippen LogP contribution is -2.58. The van der Waals surface area contributed by atoms with Crippen LogP contribution in [0.15, 0.2) is 11.4 Å². The molecule has 1 aromatic heterocycles. The molecule has 4 nitrogen and oxygen atoms in total. The van der Waals surface area contributed by atoms with Crippen molar-refractivity contribution in [2.45, 2.75) is 26.4 Å². The van der Waals surface area contributed by atoms with Crippen LogP contribution in [-0.4, -0.2) is 28.9 Å². The lowest BCUT2D eigenvalue weighted by molar-refractivity contribution is -0.163. The summed E-state index contributed by atoms with van der Waals surface area (Å²) in [5.74, 6) is -0.894. The standard InChI is InChI=1S/C12H15NO3S/c1-11(2,3)12(16)7-5-6-17-8(7)9(14)13(4)10(12)15/h5-6,16H,1-4H3/t12-/m0/s1. The summed E-state index contributed by atoms with van der Waals surface area (Å²) in [5.41, 5.74) is -1.87. The van der Waals surface area contributed by atoms with E-state index in [0.29, 0.717) is 10.4 Å². The van der Waals surface area contributed by atoms with Gasteiger partial charge in [-0.2, -0.15) is 0 Å². The number of carbonyl (C=O) groups is 2. The predicted octanol–water partition coefficient (Wildman–Crippen LogP) is 1.59. The summed E-state index contributed by atoms with van der Waals surface area (Å²) in [7, 11) is 1.41. The molecule has 1 aliphatic rings. The van der Waals surface area contributed by atoms with Crippen LogP contribution in [0.4, 0.5) is 0 Å². The molecule has 0 saturated carbocycles. The summed E-state index contributed by atoms with van der Waals surface area (Å²) in [6.07, 6.45) is 0. The molecule has 2 amide bonds. The van der Waals surface area contributed by atoms with Gasteiger partial charge in [0.1, 0.15) is 0 Å². The van der Waals surface area contributed by atoms with E-state index in [9.17, 15) is 14.7 Å². The normalized spacial score (nSPS) is 25.1. The van der Waals surface area contributed by atoms with Gasteiger partial charge in [-0.1, -0.05) is 20.8 Å². The molecular formula is C12H15NO3S. The van der Waals surface area contributed by atoms with Gasteiger partial charge in [0, 0.05) is 18.0 Å². The van der Waals surface area contributed by atoms with Crippen LogP contribution in [0.2, 0.25) is 0 Å². The maximum atomic E-state index is 12.2. The van der Waals surface area contributed by atoms with Crippen molar-refractivity contribution in [3.05, 3.63) is 21.9 Å². The average Bonchev–Trinajstić information content (AvgIpc) is 2.71. The van der Waals surface area contributed by atoms with Gasteiger partial charge in [0.05, 0.1) is 4.88 Å². The number of amides is 2. The van der Waals surface area contributed by atoms with Crippen LogP contribution in [0.5, 0.6) is 0 Å². The van der Waals surface area contributed by atoms with E-state index in [1.807, 2.05) is 0 Å². The molecule has 92 valence electrons. The third-order valence-corrected chi connectivity index (χ3v) is 4.16. The summed E-state index contributed by atoms with van der Waals surface area (Å²) in [6, 6.07) is 1.66. The Morgan fingerprint density at radius 2 is 1.94 bits per heavy atom. The van der Waals surface area contributed by atoms with Crippen molar-refractivity contribution >= 4 is 23.2 Å². The summed E-state index contributed by atoms with van der Waals surface area (Å²) in [5, 5.41) is 12.5. The second kappa shape index (κ2) is 3.40. The van der Waals surface area contributed by atoms with Gasteiger partial charge in [0.25, 0.3) is 11.8 Å². The molecule has 0 radical (unpaired) electrons. The summed E-state index contributed by atoms with van der Waals surface area (Å²) in [6.45, 7) is 5.36. The van der Waals surface area contributed by atoms with Crippen molar-refractivity contribution in [3.63, 3.8) is 0 Å². The Morgan fingerprint density at radius 3 is 2.47 bits per heavy atom. The Hall–Kier alpha value is -1.20. The predicted molar refractivity (Wildman–Crippen MR) is 64.8 cm³/mol. The molecular weight excluding hydrogens is 238 g/mol. The fourth-order valence-corrected chi connectivity index (χ4v) is 3.01. The molecule has 0 aromatic carbocycles. The second-order valence-electron chi connectivity index (χ2n) is 5.29. The quantitative estimate of drug-likeness (QED) is 0.714. The van der Waals surface area contributed by atoms with Gasteiger partial charge in [-0.15, -0.1) is 11.3 Å². The third-order valence-electron chi connectivity index (χ3n) is 3.25. The molecule has 0 spiro atoms. The first-order chi connectivity index (χ1) is 7.71. The number of carbonyl (C=O) groups excluding carboxylic acids is 2. The van der Waals surface area contributed by atoms with Gasteiger partial charge in [0.15, 0.2) is 5.60 Å².